The Balaban J connectivity index is 1.61. The van der Waals surface area contributed by atoms with Crippen molar-refractivity contribution in [3.8, 4) is 5.75 Å². The Bertz CT molecular complexity index is 1080. The SMILES string of the molecule is CCS(=O)(=O)N1CCCc2cc(NC(=O)C3(c4ccc(OC)cc4)CCOCC3)ccc21. The number of carbonyl (C=O) groups is 1. The maximum Gasteiger partial charge on any atom is 0.235 e. The molecule has 1 saturated heterocycles. The molecule has 0 bridgehead atoms. The molecule has 172 valence electrons. The van der Waals surface area contributed by atoms with Gasteiger partial charge >= 0.3 is 0 Å². The number of hydrogen-bond donors (Lipinski definition) is 1. The topological polar surface area (TPSA) is 84.9 Å². The Hall–Kier alpha value is -2.58. The molecule has 4 rings (SSSR count). The average Bonchev–Trinajstić information content (AvgIpc) is 2.84. The highest BCUT2D eigenvalue weighted by atomic mass is 32.2. The van der Waals surface area contributed by atoms with E-state index in [1.54, 1.807) is 26.2 Å². The summed E-state index contributed by atoms with van der Waals surface area (Å²) in [6.07, 6.45) is 2.74. The van der Waals surface area contributed by atoms with Gasteiger partial charge < -0.3 is 14.8 Å². The lowest BCUT2D eigenvalue weighted by molar-refractivity contribution is -0.125. The molecule has 32 heavy (non-hydrogen) atoms. The molecule has 2 aromatic carbocycles. The van der Waals surface area contributed by atoms with Crippen LogP contribution in [0.1, 0.15) is 37.3 Å². The van der Waals surface area contributed by atoms with E-state index >= 15 is 0 Å². The van der Waals surface area contributed by atoms with Gasteiger partial charge in [0.15, 0.2) is 0 Å². The summed E-state index contributed by atoms with van der Waals surface area (Å²) in [6, 6.07) is 13.2. The molecule has 0 unspecified atom stereocenters. The molecule has 0 saturated carbocycles. The predicted octanol–water partition coefficient (Wildman–Crippen LogP) is 3.48. The van der Waals surface area contributed by atoms with Crippen molar-refractivity contribution in [2.75, 3.05) is 42.2 Å². The van der Waals surface area contributed by atoms with Crippen molar-refractivity contribution in [2.24, 2.45) is 0 Å². The van der Waals surface area contributed by atoms with Crippen LogP contribution in [0.3, 0.4) is 0 Å². The third-order valence-electron chi connectivity index (χ3n) is 6.54. The summed E-state index contributed by atoms with van der Waals surface area (Å²) in [7, 11) is -1.70. The van der Waals surface area contributed by atoms with Gasteiger partial charge in [-0.15, -0.1) is 0 Å². The second kappa shape index (κ2) is 9.11. The normalized spacial score (nSPS) is 18.0. The number of benzene rings is 2. The van der Waals surface area contributed by atoms with Crippen molar-refractivity contribution in [2.45, 2.75) is 38.0 Å². The minimum Gasteiger partial charge on any atom is -0.497 e. The van der Waals surface area contributed by atoms with E-state index in [1.807, 2.05) is 30.3 Å². The largest absolute Gasteiger partial charge is 0.497 e. The number of nitrogens with one attached hydrogen (secondary N) is 1. The number of sulfonamides is 1. The van der Waals surface area contributed by atoms with Crippen LogP contribution in [0.2, 0.25) is 0 Å². The van der Waals surface area contributed by atoms with Crippen molar-refractivity contribution in [3.63, 3.8) is 0 Å². The zero-order valence-electron chi connectivity index (χ0n) is 18.6. The summed E-state index contributed by atoms with van der Waals surface area (Å²) in [5, 5.41) is 3.10. The van der Waals surface area contributed by atoms with Crippen LogP contribution in [0.25, 0.3) is 0 Å². The highest BCUT2D eigenvalue weighted by Gasteiger charge is 2.42. The van der Waals surface area contributed by atoms with Gasteiger partial charge in [-0.05, 0) is 74.1 Å². The number of anilines is 2. The van der Waals surface area contributed by atoms with E-state index in [2.05, 4.69) is 5.32 Å². The lowest BCUT2D eigenvalue weighted by Crippen LogP contribution is -2.44. The first-order valence-corrected chi connectivity index (χ1v) is 12.7. The van der Waals surface area contributed by atoms with E-state index in [0.29, 0.717) is 44.0 Å². The Morgan fingerprint density at radius 3 is 2.53 bits per heavy atom. The monoisotopic (exact) mass is 458 g/mol. The highest BCUT2D eigenvalue weighted by molar-refractivity contribution is 7.92. The van der Waals surface area contributed by atoms with Crippen molar-refractivity contribution in [3.05, 3.63) is 53.6 Å². The molecule has 0 spiro atoms. The molecule has 2 heterocycles. The van der Waals surface area contributed by atoms with Crippen molar-refractivity contribution in [1.82, 2.24) is 0 Å². The van der Waals surface area contributed by atoms with Gasteiger partial charge in [-0.25, -0.2) is 8.42 Å². The number of methoxy groups -OCH3 is 1. The number of ether oxygens (including phenoxy) is 2. The minimum absolute atomic E-state index is 0.0668. The summed E-state index contributed by atoms with van der Waals surface area (Å²) in [6.45, 7) is 3.20. The van der Waals surface area contributed by atoms with Crippen LogP contribution in [0.15, 0.2) is 42.5 Å². The van der Waals surface area contributed by atoms with Crippen LogP contribution in [0.4, 0.5) is 11.4 Å². The average molecular weight is 459 g/mol. The molecule has 0 aromatic heterocycles. The fourth-order valence-electron chi connectivity index (χ4n) is 4.61. The van der Waals surface area contributed by atoms with Gasteiger partial charge in [-0.3, -0.25) is 9.10 Å². The fraction of sp³-hybridized carbons (Fsp3) is 0.458. The van der Waals surface area contributed by atoms with Crippen LogP contribution in [0.5, 0.6) is 5.75 Å². The van der Waals surface area contributed by atoms with Crippen LogP contribution in [-0.2, 0) is 31.4 Å². The number of hydrogen-bond acceptors (Lipinski definition) is 5. The Kier molecular flexibility index (Phi) is 6.44. The third-order valence-corrected chi connectivity index (χ3v) is 8.32. The van der Waals surface area contributed by atoms with Crippen molar-refractivity contribution >= 4 is 27.3 Å². The van der Waals surface area contributed by atoms with Gasteiger partial charge in [0.05, 0.1) is 24.0 Å². The molecule has 0 atom stereocenters. The quantitative estimate of drug-likeness (QED) is 0.716. The molecule has 1 fully saturated rings. The van der Waals surface area contributed by atoms with E-state index in [0.717, 1.165) is 29.7 Å². The third kappa shape index (κ3) is 4.21. The van der Waals surface area contributed by atoms with Crippen molar-refractivity contribution in [1.29, 1.82) is 0 Å². The molecule has 2 aliphatic heterocycles. The standard InChI is InChI=1S/C24H30N2O5S/c1-3-32(28,29)26-14-4-5-18-17-20(8-11-22(18)26)25-23(27)24(12-15-31-16-13-24)19-6-9-21(30-2)10-7-19/h6-11,17H,3-5,12-16H2,1-2H3,(H,25,27). The number of aryl methyl sites for hydroxylation is 1. The molecule has 0 radical (unpaired) electrons. The summed E-state index contributed by atoms with van der Waals surface area (Å²) >= 11 is 0. The minimum atomic E-state index is -3.32. The Morgan fingerprint density at radius 2 is 1.88 bits per heavy atom. The summed E-state index contributed by atoms with van der Waals surface area (Å²) in [5.41, 5.74) is 2.60. The zero-order chi connectivity index (χ0) is 22.8. The van der Waals surface area contributed by atoms with Crippen LogP contribution in [-0.4, -0.2) is 46.9 Å². The molecule has 2 aromatic rings. The number of carbonyl (C=O) groups excluding carboxylic acids is 1. The van der Waals surface area contributed by atoms with Gasteiger partial charge in [0.25, 0.3) is 0 Å². The zero-order valence-corrected chi connectivity index (χ0v) is 19.4. The maximum atomic E-state index is 13.6. The van der Waals surface area contributed by atoms with Gasteiger partial charge in [-0.2, -0.15) is 0 Å². The van der Waals surface area contributed by atoms with Gasteiger partial charge in [0.1, 0.15) is 5.75 Å². The Morgan fingerprint density at radius 1 is 1.16 bits per heavy atom. The van der Waals surface area contributed by atoms with E-state index in [9.17, 15) is 13.2 Å². The molecule has 8 heteroatoms. The molecule has 2 aliphatic rings. The molecule has 0 aliphatic carbocycles. The first kappa shape index (κ1) is 22.6. The lowest BCUT2D eigenvalue weighted by atomic mass is 9.73. The predicted molar refractivity (Wildman–Crippen MR) is 125 cm³/mol. The van der Waals surface area contributed by atoms with E-state index < -0.39 is 15.4 Å². The molecular weight excluding hydrogens is 428 g/mol. The number of rotatable bonds is 6. The van der Waals surface area contributed by atoms with Crippen LogP contribution in [0, 0.1) is 0 Å². The molecule has 1 amide bonds. The molecular formula is C24H30N2O5S. The second-order valence-corrected chi connectivity index (χ2v) is 10.5. The number of nitrogens with zero attached hydrogens (tertiary/aromatic N) is 1. The highest BCUT2D eigenvalue weighted by Crippen LogP contribution is 2.38. The molecule has 7 nitrogen and oxygen atoms in total. The summed E-state index contributed by atoms with van der Waals surface area (Å²) in [4.78, 5) is 13.6. The van der Waals surface area contributed by atoms with Gasteiger partial charge in [0, 0.05) is 25.4 Å². The molecule has 1 N–H and O–H groups in total. The second-order valence-electron chi connectivity index (χ2n) is 8.30. The van der Waals surface area contributed by atoms with Gasteiger partial charge in [-0.1, -0.05) is 12.1 Å². The van der Waals surface area contributed by atoms with Gasteiger partial charge in [0.2, 0.25) is 15.9 Å². The van der Waals surface area contributed by atoms with E-state index in [1.165, 1.54) is 4.31 Å². The van der Waals surface area contributed by atoms with Crippen molar-refractivity contribution < 1.29 is 22.7 Å². The van der Waals surface area contributed by atoms with Crippen LogP contribution < -0.4 is 14.4 Å². The fourth-order valence-corrected chi connectivity index (χ4v) is 5.81. The lowest BCUT2D eigenvalue weighted by Gasteiger charge is -2.36. The summed E-state index contributed by atoms with van der Waals surface area (Å²) in [5.74, 6) is 0.745. The number of amides is 1. The maximum absolute atomic E-state index is 13.6. The van der Waals surface area contributed by atoms with Crippen LogP contribution >= 0.6 is 0 Å². The first-order chi connectivity index (χ1) is 15.4. The van der Waals surface area contributed by atoms with E-state index in [4.69, 9.17) is 9.47 Å². The number of fused-ring (bicyclic) bond motifs is 1. The summed E-state index contributed by atoms with van der Waals surface area (Å²) < 4.78 is 37.2. The smallest absolute Gasteiger partial charge is 0.235 e. The van der Waals surface area contributed by atoms with E-state index in [-0.39, 0.29) is 11.7 Å². The first-order valence-electron chi connectivity index (χ1n) is 11.1. The Labute approximate surface area is 189 Å².